The lowest BCUT2D eigenvalue weighted by Gasteiger charge is -2.23. The van der Waals surface area contributed by atoms with Crippen molar-refractivity contribution < 1.29 is 9.53 Å². The number of carbonyl (C=O) groups excluding carboxylic acids is 1. The van der Waals surface area contributed by atoms with Gasteiger partial charge in [-0.05, 0) is 38.8 Å². The van der Waals surface area contributed by atoms with Crippen LogP contribution >= 0.6 is 0 Å². The fourth-order valence-corrected chi connectivity index (χ4v) is 2.57. The largest absolute Gasteiger partial charge is 0.473 e. The van der Waals surface area contributed by atoms with Crippen LogP contribution in [0.3, 0.4) is 0 Å². The normalized spacial score (nSPS) is 17.2. The molecule has 0 saturated heterocycles. The molecule has 0 spiro atoms. The van der Waals surface area contributed by atoms with Gasteiger partial charge in [0.1, 0.15) is 5.69 Å². The molecule has 110 valence electrons. The SMILES string of the molecule is CC(C)Oc1ncccc1NC(=O)CC1(N)CCCC1. The topological polar surface area (TPSA) is 77.2 Å². The third-order valence-corrected chi connectivity index (χ3v) is 3.50. The molecule has 0 unspecified atom stereocenters. The fourth-order valence-electron chi connectivity index (χ4n) is 2.57. The minimum Gasteiger partial charge on any atom is -0.473 e. The highest BCUT2D eigenvalue weighted by Crippen LogP contribution is 2.31. The number of hydrogen-bond donors (Lipinski definition) is 2. The van der Waals surface area contributed by atoms with Crippen molar-refractivity contribution in [1.82, 2.24) is 4.98 Å². The molecule has 1 heterocycles. The average Bonchev–Trinajstić information content (AvgIpc) is 2.77. The maximum Gasteiger partial charge on any atom is 0.238 e. The lowest BCUT2D eigenvalue weighted by Crippen LogP contribution is -2.40. The van der Waals surface area contributed by atoms with Gasteiger partial charge in [0, 0.05) is 18.2 Å². The molecule has 1 aliphatic carbocycles. The summed E-state index contributed by atoms with van der Waals surface area (Å²) in [5.74, 6) is 0.379. The zero-order chi connectivity index (χ0) is 14.6. The first kappa shape index (κ1) is 14.8. The van der Waals surface area contributed by atoms with Gasteiger partial charge in [-0.2, -0.15) is 0 Å². The Morgan fingerprint density at radius 3 is 2.85 bits per heavy atom. The van der Waals surface area contributed by atoms with E-state index >= 15 is 0 Å². The predicted molar refractivity (Wildman–Crippen MR) is 78.6 cm³/mol. The summed E-state index contributed by atoms with van der Waals surface area (Å²) < 4.78 is 5.58. The number of rotatable bonds is 5. The molecule has 3 N–H and O–H groups in total. The third kappa shape index (κ3) is 3.93. The first-order valence-corrected chi connectivity index (χ1v) is 7.19. The number of anilines is 1. The monoisotopic (exact) mass is 277 g/mol. The van der Waals surface area contributed by atoms with E-state index in [2.05, 4.69) is 10.3 Å². The van der Waals surface area contributed by atoms with Gasteiger partial charge in [-0.25, -0.2) is 4.98 Å². The van der Waals surface area contributed by atoms with Gasteiger partial charge in [0.25, 0.3) is 0 Å². The third-order valence-electron chi connectivity index (χ3n) is 3.50. The Hall–Kier alpha value is -1.62. The zero-order valence-corrected chi connectivity index (χ0v) is 12.2. The number of nitrogens with zero attached hydrogens (tertiary/aromatic N) is 1. The van der Waals surface area contributed by atoms with Gasteiger partial charge in [0.2, 0.25) is 11.8 Å². The van der Waals surface area contributed by atoms with Crippen LogP contribution in [0, 0.1) is 0 Å². The number of nitrogens with two attached hydrogens (primary N) is 1. The number of carbonyl (C=O) groups is 1. The van der Waals surface area contributed by atoms with Crippen LogP contribution in [0.15, 0.2) is 18.3 Å². The minimum absolute atomic E-state index is 0.0104. The van der Waals surface area contributed by atoms with Gasteiger partial charge in [0.15, 0.2) is 0 Å². The number of nitrogens with one attached hydrogen (secondary N) is 1. The Kier molecular flexibility index (Phi) is 4.60. The van der Waals surface area contributed by atoms with E-state index in [9.17, 15) is 4.79 Å². The van der Waals surface area contributed by atoms with Crippen LogP contribution in [-0.2, 0) is 4.79 Å². The molecule has 0 bridgehead atoms. The van der Waals surface area contributed by atoms with E-state index in [0.717, 1.165) is 25.7 Å². The minimum atomic E-state index is -0.342. The summed E-state index contributed by atoms with van der Waals surface area (Å²) in [4.78, 5) is 16.3. The van der Waals surface area contributed by atoms with E-state index in [-0.39, 0.29) is 17.6 Å². The molecular weight excluding hydrogens is 254 g/mol. The Bertz CT molecular complexity index is 468. The quantitative estimate of drug-likeness (QED) is 0.866. The van der Waals surface area contributed by atoms with Gasteiger partial charge in [-0.1, -0.05) is 12.8 Å². The summed E-state index contributed by atoms with van der Waals surface area (Å²) in [5.41, 5.74) is 6.49. The summed E-state index contributed by atoms with van der Waals surface area (Å²) >= 11 is 0. The van der Waals surface area contributed by atoms with Crippen LogP contribution in [0.5, 0.6) is 5.88 Å². The van der Waals surface area contributed by atoms with Gasteiger partial charge >= 0.3 is 0 Å². The molecule has 1 amide bonds. The first-order valence-electron chi connectivity index (χ1n) is 7.19. The Balaban J connectivity index is 2.00. The molecule has 0 aliphatic heterocycles. The van der Waals surface area contributed by atoms with Gasteiger partial charge in [-0.15, -0.1) is 0 Å². The molecule has 1 aromatic rings. The van der Waals surface area contributed by atoms with Crippen molar-refractivity contribution >= 4 is 11.6 Å². The smallest absolute Gasteiger partial charge is 0.238 e. The molecule has 0 atom stereocenters. The van der Waals surface area contributed by atoms with Gasteiger partial charge in [-0.3, -0.25) is 4.79 Å². The molecule has 5 nitrogen and oxygen atoms in total. The molecule has 20 heavy (non-hydrogen) atoms. The summed E-state index contributed by atoms with van der Waals surface area (Å²) in [5, 5.41) is 2.86. The van der Waals surface area contributed by atoms with E-state index in [1.807, 2.05) is 13.8 Å². The molecule has 1 aliphatic rings. The number of aromatic nitrogens is 1. The summed E-state index contributed by atoms with van der Waals surface area (Å²) in [6.07, 6.45) is 6.07. The average molecular weight is 277 g/mol. The van der Waals surface area contributed by atoms with Crippen molar-refractivity contribution in [2.75, 3.05) is 5.32 Å². The molecule has 1 aromatic heterocycles. The highest BCUT2D eigenvalue weighted by Gasteiger charge is 2.31. The summed E-state index contributed by atoms with van der Waals surface area (Å²) in [6.45, 7) is 3.85. The van der Waals surface area contributed by atoms with Gasteiger partial charge < -0.3 is 15.8 Å². The Labute approximate surface area is 119 Å². The predicted octanol–water partition coefficient (Wildman–Crippen LogP) is 2.47. The second kappa shape index (κ2) is 6.22. The maximum atomic E-state index is 12.1. The molecule has 0 radical (unpaired) electrons. The second-order valence-electron chi connectivity index (χ2n) is 5.82. The van der Waals surface area contributed by atoms with E-state index in [1.165, 1.54) is 0 Å². The molecule has 1 saturated carbocycles. The maximum absolute atomic E-state index is 12.1. The zero-order valence-electron chi connectivity index (χ0n) is 12.2. The van der Waals surface area contributed by atoms with E-state index in [1.54, 1.807) is 18.3 Å². The van der Waals surface area contributed by atoms with Crippen LogP contribution in [0.1, 0.15) is 46.0 Å². The highest BCUT2D eigenvalue weighted by atomic mass is 16.5. The lowest BCUT2D eigenvalue weighted by atomic mass is 9.94. The van der Waals surface area contributed by atoms with Crippen molar-refractivity contribution in [3.63, 3.8) is 0 Å². The Morgan fingerprint density at radius 2 is 2.20 bits per heavy atom. The fraction of sp³-hybridized carbons (Fsp3) is 0.600. The first-order chi connectivity index (χ1) is 9.48. The second-order valence-corrected chi connectivity index (χ2v) is 5.82. The van der Waals surface area contributed by atoms with Gasteiger partial charge in [0.05, 0.1) is 6.10 Å². The van der Waals surface area contributed by atoms with E-state index in [0.29, 0.717) is 18.0 Å². The van der Waals surface area contributed by atoms with Crippen molar-refractivity contribution in [2.45, 2.75) is 57.6 Å². The standard InChI is InChI=1S/C15H23N3O2/c1-11(2)20-14-12(6-5-9-17-14)18-13(19)10-15(16)7-3-4-8-15/h5-6,9,11H,3-4,7-8,10,16H2,1-2H3,(H,18,19). The van der Waals surface area contributed by atoms with Crippen LogP contribution in [-0.4, -0.2) is 22.5 Å². The summed E-state index contributed by atoms with van der Waals surface area (Å²) in [6, 6.07) is 3.57. The summed E-state index contributed by atoms with van der Waals surface area (Å²) in [7, 11) is 0. The van der Waals surface area contributed by atoms with Crippen LogP contribution in [0.25, 0.3) is 0 Å². The lowest BCUT2D eigenvalue weighted by molar-refractivity contribution is -0.117. The van der Waals surface area contributed by atoms with Crippen molar-refractivity contribution in [3.8, 4) is 5.88 Å². The number of pyridine rings is 1. The van der Waals surface area contributed by atoms with Crippen molar-refractivity contribution in [1.29, 1.82) is 0 Å². The number of amides is 1. The molecular formula is C15H23N3O2. The number of hydrogen-bond acceptors (Lipinski definition) is 4. The van der Waals surface area contributed by atoms with Crippen LogP contribution in [0.4, 0.5) is 5.69 Å². The van der Waals surface area contributed by atoms with Crippen molar-refractivity contribution in [3.05, 3.63) is 18.3 Å². The van der Waals surface area contributed by atoms with Crippen LogP contribution < -0.4 is 15.8 Å². The molecule has 5 heteroatoms. The van der Waals surface area contributed by atoms with Crippen LogP contribution in [0.2, 0.25) is 0 Å². The highest BCUT2D eigenvalue weighted by molar-refractivity contribution is 5.92. The molecule has 1 fully saturated rings. The van der Waals surface area contributed by atoms with Crippen molar-refractivity contribution in [2.24, 2.45) is 5.73 Å². The molecule has 0 aromatic carbocycles. The number of ether oxygens (including phenoxy) is 1. The van der Waals surface area contributed by atoms with E-state index < -0.39 is 0 Å². The Morgan fingerprint density at radius 1 is 1.50 bits per heavy atom. The van der Waals surface area contributed by atoms with E-state index in [4.69, 9.17) is 10.5 Å². The molecule has 2 rings (SSSR count).